The van der Waals surface area contributed by atoms with Gasteiger partial charge in [0.25, 0.3) is 0 Å². The van der Waals surface area contributed by atoms with E-state index in [1.165, 1.54) is 0 Å². The monoisotopic (exact) mass is 196 g/mol. The van der Waals surface area contributed by atoms with Crippen LogP contribution in [0, 0.1) is 11.3 Å². The lowest BCUT2D eigenvalue weighted by Gasteiger charge is -2.11. The molecule has 0 saturated heterocycles. The van der Waals surface area contributed by atoms with Gasteiger partial charge in [0.2, 0.25) is 0 Å². The van der Waals surface area contributed by atoms with Crippen LogP contribution in [0.1, 0.15) is 13.3 Å². The first-order valence-corrected chi connectivity index (χ1v) is 3.57. The smallest absolute Gasteiger partial charge is 0.334 e. The largest absolute Gasteiger partial charge is 0.399 e. The zero-order chi connectivity index (χ0) is 9.78. The number of carbonyl (C=O) groups excluding carboxylic acids is 1. The third-order valence-corrected chi connectivity index (χ3v) is 1.30. The van der Waals surface area contributed by atoms with Gasteiger partial charge in [-0.1, -0.05) is 6.92 Å². The number of carbonyl (C=O) groups is 1. The van der Waals surface area contributed by atoms with Gasteiger partial charge in [0.15, 0.2) is 0 Å². The molecule has 0 heterocycles. The minimum Gasteiger partial charge on any atom is -0.334 e. The molecule has 0 aliphatic heterocycles. The van der Waals surface area contributed by atoms with Gasteiger partial charge < -0.3 is 5.32 Å². The van der Waals surface area contributed by atoms with Crippen molar-refractivity contribution >= 4 is 17.5 Å². The Kier molecular flexibility index (Phi) is 3.90. The minimum atomic E-state index is -3.94. The number of rotatable bonds is 3. The predicted octanol–water partition coefficient (Wildman–Crippen LogP) is 1.24. The molecule has 0 fully saturated rings. The van der Waals surface area contributed by atoms with Crippen LogP contribution in [0.4, 0.5) is 8.78 Å². The van der Waals surface area contributed by atoms with Gasteiger partial charge in [-0.05, 0) is 18.0 Å². The minimum absolute atomic E-state index is 0.259. The molecule has 6 heteroatoms. The second kappa shape index (κ2) is 4.21. The highest BCUT2D eigenvalue weighted by Crippen LogP contribution is 2.18. The molecule has 0 saturated carbocycles. The van der Waals surface area contributed by atoms with E-state index in [0.717, 1.165) is 0 Å². The number of hydrogen-bond donors (Lipinski definition) is 1. The van der Waals surface area contributed by atoms with E-state index in [0.29, 0.717) is 0 Å². The molecule has 1 amide bonds. The first kappa shape index (κ1) is 11.1. The van der Waals surface area contributed by atoms with Crippen LogP contribution in [0.15, 0.2) is 0 Å². The Labute approximate surface area is 73.3 Å². The molecule has 0 rings (SSSR count). The highest BCUT2D eigenvalue weighted by atomic mass is 35.5. The molecule has 0 bridgehead atoms. The van der Waals surface area contributed by atoms with Gasteiger partial charge in [-0.2, -0.15) is 14.0 Å². The molecule has 68 valence electrons. The fourth-order valence-electron chi connectivity index (χ4n) is 0.466. The Balaban J connectivity index is 4.11. The van der Waals surface area contributed by atoms with Crippen molar-refractivity contribution in [3.63, 3.8) is 0 Å². The van der Waals surface area contributed by atoms with Crippen LogP contribution in [0.3, 0.4) is 0 Å². The standard InChI is InChI=1S/C6H7ClF2N2O/c1-2-4(3-10)11-5(12)6(7,8)9/h4H,2H2,1H3,(H,11,12)/t4-/m1/s1. The Morgan fingerprint density at radius 1 is 1.83 bits per heavy atom. The number of nitriles is 1. The lowest BCUT2D eigenvalue weighted by molar-refractivity contribution is -0.136. The molecule has 0 aromatic heterocycles. The van der Waals surface area contributed by atoms with Crippen LogP contribution in [0.5, 0.6) is 0 Å². The van der Waals surface area contributed by atoms with E-state index >= 15 is 0 Å². The number of alkyl halides is 3. The maximum atomic E-state index is 12.0. The van der Waals surface area contributed by atoms with Crippen LogP contribution in [-0.2, 0) is 4.79 Å². The number of amides is 1. The first-order valence-electron chi connectivity index (χ1n) is 3.19. The quantitative estimate of drug-likeness (QED) is 0.691. The van der Waals surface area contributed by atoms with Crippen molar-refractivity contribution in [1.29, 1.82) is 5.26 Å². The van der Waals surface area contributed by atoms with Gasteiger partial charge in [-0.25, -0.2) is 0 Å². The van der Waals surface area contributed by atoms with Gasteiger partial charge in [0, 0.05) is 0 Å². The van der Waals surface area contributed by atoms with Crippen molar-refractivity contribution in [2.45, 2.75) is 24.8 Å². The van der Waals surface area contributed by atoms with Gasteiger partial charge in [0.05, 0.1) is 6.07 Å². The second-order valence-electron chi connectivity index (χ2n) is 2.06. The molecule has 0 unspecified atom stereocenters. The summed E-state index contributed by atoms with van der Waals surface area (Å²) < 4.78 is 24.0. The molecular formula is C6H7ClF2N2O. The van der Waals surface area contributed by atoms with Gasteiger partial charge >= 0.3 is 11.3 Å². The van der Waals surface area contributed by atoms with Crippen molar-refractivity contribution in [2.24, 2.45) is 0 Å². The topological polar surface area (TPSA) is 52.9 Å². The van der Waals surface area contributed by atoms with Crippen molar-refractivity contribution in [2.75, 3.05) is 0 Å². The van der Waals surface area contributed by atoms with E-state index in [-0.39, 0.29) is 6.42 Å². The van der Waals surface area contributed by atoms with Gasteiger partial charge in [-0.15, -0.1) is 0 Å². The maximum Gasteiger partial charge on any atom is 0.399 e. The molecule has 0 aromatic rings. The summed E-state index contributed by atoms with van der Waals surface area (Å²) in [6.45, 7) is 1.58. The van der Waals surface area contributed by atoms with Crippen molar-refractivity contribution in [1.82, 2.24) is 5.32 Å². The van der Waals surface area contributed by atoms with Crippen LogP contribution in [0.25, 0.3) is 0 Å². The second-order valence-corrected chi connectivity index (χ2v) is 2.54. The van der Waals surface area contributed by atoms with E-state index in [1.54, 1.807) is 18.3 Å². The highest BCUT2D eigenvalue weighted by molar-refractivity contribution is 6.32. The first-order chi connectivity index (χ1) is 5.41. The van der Waals surface area contributed by atoms with Crippen LogP contribution < -0.4 is 5.32 Å². The average molecular weight is 197 g/mol. The maximum absolute atomic E-state index is 12.0. The zero-order valence-corrected chi connectivity index (χ0v) is 7.03. The lowest BCUT2D eigenvalue weighted by Crippen LogP contribution is -2.41. The molecule has 3 nitrogen and oxygen atoms in total. The third kappa shape index (κ3) is 3.49. The van der Waals surface area contributed by atoms with Gasteiger partial charge in [0.1, 0.15) is 6.04 Å². The number of nitrogens with zero attached hydrogens (tertiary/aromatic N) is 1. The zero-order valence-electron chi connectivity index (χ0n) is 6.27. The van der Waals surface area contributed by atoms with E-state index < -0.39 is 17.3 Å². The summed E-state index contributed by atoms with van der Waals surface area (Å²) in [7, 11) is 0. The number of halogens is 3. The van der Waals surface area contributed by atoms with E-state index in [2.05, 4.69) is 11.6 Å². The molecular weight excluding hydrogens is 190 g/mol. The third-order valence-electron chi connectivity index (χ3n) is 1.13. The highest BCUT2D eigenvalue weighted by Gasteiger charge is 2.36. The van der Waals surface area contributed by atoms with E-state index in [9.17, 15) is 13.6 Å². The van der Waals surface area contributed by atoms with Crippen LogP contribution in [0.2, 0.25) is 0 Å². The summed E-state index contributed by atoms with van der Waals surface area (Å²) >= 11 is 4.39. The lowest BCUT2D eigenvalue weighted by atomic mass is 10.2. The van der Waals surface area contributed by atoms with Crippen LogP contribution >= 0.6 is 11.6 Å². The molecule has 1 atom stereocenters. The summed E-state index contributed by atoms with van der Waals surface area (Å²) in [6.07, 6.45) is 0.259. The summed E-state index contributed by atoms with van der Waals surface area (Å²) in [5.74, 6) is -1.64. The van der Waals surface area contributed by atoms with E-state index in [1.807, 2.05) is 0 Å². The fraction of sp³-hybridized carbons (Fsp3) is 0.667. The molecule has 0 aromatic carbocycles. The average Bonchev–Trinajstić information content (AvgIpc) is 1.97. The SMILES string of the molecule is CC[C@H](C#N)NC(=O)C(F)(F)Cl. The van der Waals surface area contributed by atoms with Crippen LogP contribution in [-0.4, -0.2) is 17.3 Å². The molecule has 12 heavy (non-hydrogen) atoms. The number of hydrogen-bond acceptors (Lipinski definition) is 2. The molecule has 0 aliphatic carbocycles. The number of nitrogens with one attached hydrogen (secondary N) is 1. The van der Waals surface area contributed by atoms with Crippen molar-refractivity contribution < 1.29 is 13.6 Å². The Morgan fingerprint density at radius 3 is 2.58 bits per heavy atom. The fourth-order valence-corrected chi connectivity index (χ4v) is 0.520. The van der Waals surface area contributed by atoms with Gasteiger partial charge in [-0.3, -0.25) is 4.79 Å². The summed E-state index contributed by atoms with van der Waals surface area (Å²) in [5.41, 5.74) is 0. The van der Waals surface area contributed by atoms with E-state index in [4.69, 9.17) is 5.26 Å². The molecule has 0 aliphatic rings. The molecule has 1 N–H and O–H groups in total. The molecule has 0 spiro atoms. The summed E-state index contributed by atoms with van der Waals surface area (Å²) in [4.78, 5) is 10.4. The summed E-state index contributed by atoms with van der Waals surface area (Å²) in [6, 6.07) is 0.716. The van der Waals surface area contributed by atoms with Crippen molar-refractivity contribution in [3.05, 3.63) is 0 Å². The van der Waals surface area contributed by atoms with Crippen molar-refractivity contribution in [3.8, 4) is 6.07 Å². The Morgan fingerprint density at radius 2 is 2.33 bits per heavy atom. The predicted molar refractivity (Wildman–Crippen MR) is 38.6 cm³/mol. The Hall–Kier alpha value is -0.890. The normalized spacial score (nSPS) is 13.2. The molecule has 0 radical (unpaired) electrons. The summed E-state index contributed by atoms with van der Waals surface area (Å²) in [5, 5.41) is 6.12. The Bertz CT molecular complexity index is 209.